The van der Waals surface area contributed by atoms with Gasteiger partial charge in [0.1, 0.15) is 5.01 Å². The number of nitrogens with zero attached hydrogens (tertiary/aromatic N) is 4. The van der Waals surface area contributed by atoms with E-state index in [9.17, 15) is 0 Å². The summed E-state index contributed by atoms with van der Waals surface area (Å²) in [5.74, 6) is 2.11. The Morgan fingerprint density at radius 3 is 2.67 bits per heavy atom. The fourth-order valence-electron chi connectivity index (χ4n) is 2.39. The molecule has 0 aromatic carbocycles. The summed E-state index contributed by atoms with van der Waals surface area (Å²) in [4.78, 5) is 0.911. The number of fused-ring (bicyclic) bond motifs is 1. The van der Waals surface area contributed by atoms with E-state index in [-0.39, 0.29) is 5.41 Å². The second-order valence-corrected chi connectivity index (χ2v) is 7.14. The normalized spacial score (nSPS) is 25.1. The van der Waals surface area contributed by atoms with Crippen molar-refractivity contribution in [2.24, 2.45) is 5.92 Å². The SMILES string of the molecule is CC1CNCC1c1nn2c(C(C)(C)C)nnc2s1. The molecule has 18 heavy (non-hydrogen) atoms. The van der Waals surface area contributed by atoms with Gasteiger partial charge < -0.3 is 5.32 Å². The Morgan fingerprint density at radius 2 is 2.06 bits per heavy atom. The van der Waals surface area contributed by atoms with Crippen LogP contribution >= 0.6 is 11.3 Å². The van der Waals surface area contributed by atoms with Crippen LogP contribution < -0.4 is 5.32 Å². The van der Waals surface area contributed by atoms with Crippen molar-refractivity contribution in [1.82, 2.24) is 25.1 Å². The maximum atomic E-state index is 4.74. The van der Waals surface area contributed by atoms with E-state index in [1.165, 1.54) is 5.01 Å². The van der Waals surface area contributed by atoms with E-state index in [4.69, 9.17) is 5.10 Å². The zero-order chi connectivity index (χ0) is 12.9. The average molecular weight is 265 g/mol. The van der Waals surface area contributed by atoms with Crippen molar-refractivity contribution in [3.63, 3.8) is 0 Å². The van der Waals surface area contributed by atoms with Crippen molar-refractivity contribution >= 4 is 16.3 Å². The van der Waals surface area contributed by atoms with Gasteiger partial charge in [0.15, 0.2) is 5.82 Å². The lowest BCUT2D eigenvalue weighted by Crippen LogP contribution is -2.17. The molecule has 98 valence electrons. The summed E-state index contributed by atoms with van der Waals surface area (Å²) in [6.45, 7) is 10.8. The highest BCUT2D eigenvalue weighted by molar-refractivity contribution is 7.16. The van der Waals surface area contributed by atoms with E-state index in [2.05, 4.69) is 43.2 Å². The Labute approximate surface area is 111 Å². The van der Waals surface area contributed by atoms with Crippen LogP contribution in [0.1, 0.15) is 44.4 Å². The summed E-state index contributed by atoms with van der Waals surface area (Å²) in [5.41, 5.74) is -0.0235. The zero-order valence-corrected chi connectivity index (χ0v) is 12.1. The first kappa shape index (κ1) is 12.0. The van der Waals surface area contributed by atoms with Crippen LogP contribution in [0.25, 0.3) is 4.96 Å². The Bertz CT molecular complexity index is 565. The highest BCUT2D eigenvalue weighted by Crippen LogP contribution is 2.32. The first-order valence-electron chi connectivity index (χ1n) is 6.40. The Kier molecular flexibility index (Phi) is 2.67. The predicted molar refractivity (Wildman–Crippen MR) is 72.1 cm³/mol. The summed E-state index contributed by atoms with van der Waals surface area (Å²) < 4.78 is 1.92. The van der Waals surface area contributed by atoms with Gasteiger partial charge in [-0.25, -0.2) is 0 Å². The summed E-state index contributed by atoms with van der Waals surface area (Å²) in [6, 6.07) is 0. The van der Waals surface area contributed by atoms with Crippen LogP contribution in [0.2, 0.25) is 0 Å². The Morgan fingerprint density at radius 1 is 1.28 bits per heavy atom. The van der Waals surface area contributed by atoms with Gasteiger partial charge in [0, 0.05) is 17.9 Å². The minimum atomic E-state index is -0.0235. The van der Waals surface area contributed by atoms with Gasteiger partial charge in [0.25, 0.3) is 0 Å². The van der Waals surface area contributed by atoms with Gasteiger partial charge in [-0.15, -0.1) is 10.2 Å². The molecule has 2 aromatic heterocycles. The maximum absolute atomic E-state index is 4.74. The summed E-state index contributed by atoms with van der Waals surface area (Å²) in [6.07, 6.45) is 0. The number of hydrogen-bond acceptors (Lipinski definition) is 5. The van der Waals surface area contributed by atoms with Crippen molar-refractivity contribution in [3.8, 4) is 0 Å². The smallest absolute Gasteiger partial charge is 0.234 e. The second-order valence-electron chi connectivity index (χ2n) is 6.15. The lowest BCUT2D eigenvalue weighted by Gasteiger charge is -2.14. The van der Waals surface area contributed by atoms with Gasteiger partial charge in [0.2, 0.25) is 4.96 Å². The molecule has 1 aliphatic rings. The molecule has 5 nitrogen and oxygen atoms in total. The molecular formula is C12H19N5S. The first-order valence-corrected chi connectivity index (χ1v) is 7.22. The molecule has 6 heteroatoms. The van der Waals surface area contributed by atoms with Gasteiger partial charge in [0.05, 0.1) is 0 Å². The van der Waals surface area contributed by atoms with Crippen LogP contribution in [-0.2, 0) is 5.41 Å². The third-order valence-corrected chi connectivity index (χ3v) is 4.54. The van der Waals surface area contributed by atoms with E-state index in [0.717, 1.165) is 23.9 Å². The van der Waals surface area contributed by atoms with Gasteiger partial charge >= 0.3 is 0 Å². The van der Waals surface area contributed by atoms with Gasteiger partial charge in [-0.2, -0.15) is 9.61 Å². The van der Waals surface area contributed by atoms with Gasteiger partial charge in [-0.05, 0) is 12.5 Å². The number of aromatic nitrogens is 4. The number of hydrogen-bond donors (Lipinski definition) is 1. The van der Waals surface area contributed by atoms with Crippen molar-refractivity contribution in [1.29, 1.82) is 0 Å². The van der Waals surface area contributed by atoms with Crippen molar-refractivity contribution < 1.29 is 0 Å². The van der Waals surface area contributed by atoms with E-state index < -0.39 is 0 Å². The van der Waals surface area contributed by atoms with E-state index in [0.29, 0.717) is 11.8 Å². The van der Waals surface area contributed by atoms with Crippen LogP contribution in [0.3, 0.4) is 0 Å². The molecule has 0 aliphatic carbocycles. The fourth-order valence-corrected chi connectivity index (χ4v) is 3.46. The molecule has 2 unspecified atom stereocenters. The Balaban J connectivity index is 2.04. The molecule has 1 N–H and O–H groups in total. The summed E-state index contributed by atoms with van der Waals surface area (Å²) in [7, 11) is 0. The molecule has 0 bridgehead atoms. The van der Waals surface area contributed by atoms with E-state index in [1.807, 2.05) is 4.52 Å². The quantitative estimate of drug-likeness (QED) is 0.854. The molecule has 1 saturated heterocycles. The van der Waals surface area contributed by atoms with Crippen LogP contribution in [0.5, 0.6) is 0 Å². The molecule has 1 aliphatic heterocycles. The second kappa shape index (κ2) is 3.99. The molecule has 0 spiro atoms. The highest BCUT2D eigenvalue weighted by Gasteiger charge is 2.30. The first-order chi connectivity index (χ1) is 8.47. The standard InChI is InChI=1S/C12H19N5S/c1-7-5-13-6-8(7)9-16-17-10(12(2,3)4)14-15-11(17)18-9/h7-8,13H,5-6H2,1-4H3. The molecular weight excluding hydrogens is 246 g/mol. The minimum absolute atomic E-state index is 0.0235. The molecule has 1 fully saturated rings. The van der Waals surface area contributed by atoms with Crippen LogP contribution in [0.15, 0.2) is 0 Å². The van der Waals surface area contributed by atoms with E-state index in [1.54, 1.807) is 11.3 Å². The van der Waals surface area contributed by atoms with Crippen molar-refractivity contribution in [2.45, 2.75) is 39.0 Å². The van der Waals surface area contributed by atoms with Crippen molar-refractivity contribution in [2.75, 3.05) is 13.1 Å². The highest BCUT2D eigenvalue weighted by atomic mass is 32.1. The largest absolute Gasteiger partial charge is 0.316 e. The molecule has 2 aromatic rings. The minimum Gasteiger partial charge on any atom is -0.316 e. The molecule has 3 rings (SSSR count). The zero-order valence-electron chi connectivity index (χ0n) is 11.3. The van der Waals surface area contributed by atoms with Crippen LogP contribution in [0, 0.1) is 5.92 Å². The lowest BCUT2D eigenvalue weighted by molar-refractivity contribution is 0.518. The molecule has 2 atom stereocenters. The molecule has 0 radical (unpaired) electrons. The monoisotopic (exact) mass is 265 g/mol. The molecule has 0 saturated carbocycles. The topological polar surface area (TPSA) is 55.1 Å². The molecule has 0 amide bonds. The van der Waals surface area contributed by atoms with Crippen LogP contribution in [0.4, 0.5) is 0 Å². The van der Waals surface area contributed by atoms with E-state index >= 15 is 0 Å². The lowest BCUT2D eigenvalue weighted by atomic mass is 9.96. The number of rotatable bonds is 1. The van der Waals surface area contributed by atoms with Crippen LogP contribution in [-0.4, -0.2) is 32.9 Å². The number of nitrogens with one attached hydrogen (secondary N) is 1. The fraction of sp³-hybridized carbons (Fsp3) is 0.750. The molecule has 3 heterocycles. The predicted octanol–water partition coefficient (Wildman–Crippen LogP) is 1.81. The Hall–Kier alpha value is -1.01. The summed E-state index contributed by atoms with van der Waals surface area (Å²) in [5, 5.41) is 17.9. The van der Waals surface area contributed by atoms with Gasteiger partial charge in [-0.1, -0.05) is 39.0 Å². The van der Waals surface area contributed by atoms with Gasteiger partial charge in [-0.3, -0.25) is 0 Å². The van der Waals surface area contributed by atoms with Crippen molar-refractivity contribution in [3.05, 3.63) is 10.8 Å². The third kappa shape index (κ3) is 1.83. The summed E-state index contributed by atoms with van der Waals surface area (Å²) >= 11 is 1.67. The average Bonchev–Trinajstić information content (AvgIpc) is 2.87. The third-order valence-electron chi connectivity index (χ3n) is 3.51. The maximum Gasteiger partial charge on any atom is 0.234 e.